The van der Waals surface area contributed by atoms with Gasteiger partial charge >= 0.3 is 0 Å². The van der Waals surface area contributed by atoms with Crippen LogP contribution in [0.1, 0.15) is 5.56 Å². The van der Waals surface area contributed by atoms with Crippen molar-refractivity contribution in [3.05, 3.63) is 36.0 Å². The number of methoxy groups -OCH3 is 1. The number of hydrogen-bond acceptors (Lipinski definition) is 6. The minimum atomic E-state index is 0.359. The number of hydrogen-bond donors (Lipinski definition) is 3. The van der Waals surface area contributed by atoms with E-state index in [0.717, 1.165) is 17.0 Å². The predicted molar refractivity (Wildman–Crippen MR) is 70.9 cm³/mol. The Kier molecular flexibility index (Phi) is 3.59. The van der Waals surface area contributed by atoms with Gasteiger partial charge in [0.1, 0.15) is 11.6 Å². The Morgan fingerprint density at radius 2 is 2.06 bits per heavy atom. The van der Waals surface area contributed by atoms with E-state index in [-0.39, 0.29) is 0 Å². The summed E-state index contributed by atoms with van der Waals surface area (Å²) in [7, 11) is 1.63. The molecule has 0 aliphatic carbocycles. The normalized spacial score (nSPS) is 9.94. The highest BCUT2D eigenvalue weighted by Gasteiger charge is 2.06. The van der Waals surface area contributed by atoms with Gasteiger partial charge in [0, 0.05) is 11.8 Å². The van der Waals surface area contributed by atoms with E-state index < -0.39 is 0 Å². The molecule has 18 heavy (non-hydrogen) atoms. The van der Waals surface area contributed by atoms with E-state index in [2.05, 4.69) is 20.7 Å². The van der Waals surface area contributed by atoms with Crippen LogP contribution in [0.2, 0.25) is 0 Å². The fraction of sp³-hybridized carbons (Fsp3) is 0.167. The zero-order chi connectivity index (χ0) is 13.0. The van der Waals surface area contributed by atoms with Gasteiger partial charge in [-0.1, -0.05) is 12.1 Å². The van der Waals surface area contributed by atoms with Gasteiger partial charge in [-0.2, -0.15) is 4.98 Å². The lowest BCUT2D eigenvalue weighted by molar-refractivity contribution is 0.417. The third-order valence-corrected chi connectivity index (χ3v) is 2.46. The second kappa shape index (κ2) is 5.33. The van der Waals surface area contributed by atoms with Crippen LogP contribution in [0.25, 0.3) is 0 Å². The van der Waals surface area contributed by atoms with E-state index in [1.54, 1.807) is 13.3 Å². The largest absolute Gasteiger partial charge is 0.495 e. The number of nitrogens with two attached hydrogens (primary N) is 1. The Balaban J connectivity index is 2.33. The van der Waals surface area contributed by atoms with Crippen molar-refractivity contribution in [1.82, 2.24) is 9.97 Å². The summed E-state index contributed by atoms with van der Waals surface area (Å²) in [4.78, 5) is 8.27. The van der Waals surface area contributed by atoms with Crippen molar-refractivity contribution in [2.75, 3.05) is 17.9 Å². The highest BCUT2D eigenvalue weighted by molar-refractivity contribution is 5.66. The van der Waals surface area contributed by atoms with Gasteiger partial charge < -0.3 is 10.1 Å². The van der Waals surface area contributed by atoms with Crippen LogP contribution in [0.4, 0.5) is 17.5 Å². The first-order chi connectivity index (χ1) is 8.74. The number of nitrogen functional groups attached to an aromatic ring is 1. The highest BCUT2D eigenvalue weighted by atomic mass is 16.5. The fourth-order valence-corrected chi connectivity index (χ4v) is 1.51. The van der Waals surface area contributed by atoms with Gasteiger partial charge in [-0.05, 0) is 19.1 Å². The molecule has 0 radical (unpaired) electrons. The van der Waals surface area contributed by atoms with Crippen molar-refractivity contribution in [2.45, 2.75) is 6.92 Å². The number of ether oxygens (including phenoxy) is 1. The molecule has 1 aromatic heterocycles. The van der Waals surface area contributed by atoms with E-state index in [0.29, 0.717) is 11.8 Å². The van der Waals surface area contributed by atoms with E-state index >= 15 is 0 Å². The number of rotatable bonds is 4. The summed E-state index contributed by atoms with van der Waals surface area (Å²) >= 11 is 0. The summed E-state index contributed by atoms with van der Waals surface area (Å²) < 4.78 is 5.27. The molecule has 1 aromatic carbocycles. The van der Waals surface area contributed by atoms with E-state index in [1.807, 2.05) is 31.2 Å². The number of para-hydroxylation sites is 2. The summed E-state index contributed by atoms with van der Waals surface area (Å²) in [5, 5.41) is 3.19. The highest BCUT2D eigenvalue weighted by Crippen LogP contribution is 2.27. The van der Waals surface area contributed by atoms with Crippen LogP contribution < -0.4 is 21.3 Å². The lowest BCUT2D eigenvalue weighted by Gasteiger charge is -2.12. The number of nitrogens with zero attached hydrogens (tertiary/aromatic N) is 2. The first-order valence-corrected chi connectivity index (χ1v) is 5.45. The molecule has 0 amide bonds. The van der Waals surface area contributed by atoms with Crippen LogP contribution in [-0.2, 0) is 0 Å². The van der Waals surface area contributed by atoms with Gasteiger partial charge in [-0.3, -0.25) is 5.43 Å². The molecule has 1 heterocycles. The quantitative estimate of drug-likeness (QED) is 0.563. The number of hydrazine groups is 1. The lowest BCUT2D eigenvalue weighted by Crippen LogP contribution is -2.11. The average Bonchev–Trinajstić information content (AvgIpc) is 2.42. The topological polar surface area (TPSA) is 85.1 Å². The van der Waals surface area contributed by atoms with E-state index in [1.165, 1.54) is 0 Å². The standard InChI is InChI=1S/C12H15N5O/c1-8-7-14-12(17-13)16-11(8)15-9-5-3-4-6-10(9)18-2/h3-7H,13H2,1-2H3,(H2,14,15,16,17). The molecule has 2 aromatic rings. The summed E-state index contributed by atoms with van der Waals surface area (Å²) in [5.41, 5.74) is 4.17. The molecule has 0 saturated heterocycles. The number of aryl methyl sites for hydroxylation is 1. The molecule has 0 bridgehead atoms. The van der Waals surface area contributed by atoms with Crippen molar-refractivity contribution in [1.29, 1.82) is 0 Å². The van der Waals surface area contributed by atoms with Crippen molar-refractivity contribution >= 4 is 17.5 Å². The van der Waals surface area contributed by atoms with Crippen LogP contribution in [0, 0.1) is 6.92 Å². The summed E-state index contributed by atoms with van der Waals surface area (Å²) in [5.74, 6) is 7.08. The van der Waals surface area contributed by atoms with Crippen molar-refractivity contribution in [2.24, 2.45) is 5.84 Å². The average molecular weight is 245 g/mol. The molecule has 0 saturated carbocycles. The zero-order valence-electron chi connectivity index (χ0n) is 10.3. The third kappa shape index (κ3) is 2.49. The van der Waals surface area contributed by atoms with Crippen LogP contribution in [0.5, 0.6) is 5.75 Å². The molecular formula is C12H15N5O. The number of nitrogens with one attached hydrogen (secondary N) is 2. The van der Waals surface area contributed by atoms with Gasteiger partial charge in [0.15, 0.2) is 0 Å². The van der Waals surface area contributed by atoms with Gasteiger partial charge in [0.25, 0.3) is 0 Å². The molecule has 4 N–H and O–H groups in total. The molecule has 0 aliphatic rings. The Labute approximate surface area is 105 Å². The van der Waals surface area contributed by atoms with Crippen LogP contribution in [0.3, 0.4) is 0 Å². The number of anilines is 3. The first kappa shape index (κ1) is 12.1. The lowest BCUT2D eigenvalue weighted by atomic mass is 10.2. The smallest absolute Gasteiger partial charge is 0.239 e. The van der Waals surface area contributed by atoms with Gasteiger partial charge in [0.2, 0.25) is 5.95 Å². The Morgan fingerprint density at radius 1 is 1.28 bits per heavy atom. The maximum Gasteiger partial charge on any atom is 0.239 e. The second-order valence-corrected chi connectivity index (χ2v) is 3.69. The van der Waals surface area contributed by atoms with Crippen LogP contribution >= 0.6 is 0 Å². The summed E-state index contributed by atoms with van der Waals surface area (Å²) in [6, 6.07) is 7.62. The molecule has 94 valence electrons. The molecule has 6 nitrogen and oxygen atoms in total. The Hall–Kier alpha value is -2.34. The van der Waals surface area contributed by atoms with Gasteiger partial charge in [-0.25, -0.2) is 10.8 Å². The molecule has 0 atom stereocenters. The molecule has 0 unspecified atom stereocenters. The fourth-order valence-electron chi connectivity index (χ4n) is 1.51. The van der Waals surface area contributed by atoms with Crippen LogP contribution in [-0.4, -0.2) is 17.1 Å². The molecule has 0 fully saturated rings. The molecule has 0 aliphatic heterocycles. The molecule has 2 rings (SSSR count). The van der Waals surface area contributed by atoms with Crippen LogP contribution in [0.15, 0.2) is 30.5 Å². The SMILES string of the molecule is COc1ccccc1Nc1nc(NN)ncc1C. The summed E-state index contributed by atoms with van der Waals surface area (Å²) in [6.07, 6.45) is 1.69. The minimum Gasteiger partial charge on any atom is -0.495 e. The van der Waals surface area contributed by atoms with Gasteiger partial charge in [0.05, 0.1) is 12.8 Å². The van der Waals surface area contributed by atoms with Crippen molar-refractivity contribution < 1.29 is 4.74 Å². The van der Waals surface area contributed by atoms with E-state index in [4.69, 9.17) is 10.6 Å². The number of aromatic nitrogens is 2. The van der Waals surface area contributed by atoms with Crippen molar-refractivity contribution in [3.8, 4) is 5.75 Å². The molecular weight excluding hydrogens is 230 g/mol. The van der Waals surface area contributed by atoms with Crippen molar-refractivity contribution in [3.63, 3.8) is 0 Å². The Bertz CT molecular complexity index is 544. The Morgan fingerprint density at radius 3 is 2.78 bits per heavy atom. The maximum atomic E-state index is 5.29. The molecule has 0 spiro atoms. The second-order valence-electron chi connectivity index (χ2n) is 3.69. The van der Waals surface area contributed by atoms with Gasteiger partial charge in [-0.15, -0.1) is 0 Å². The minimum absolute atomic E-state index is 0.359. The first-order valence-electron chi connectivity index (χ1n) is 5.45. The third-order valence-electron chi connectivity index (χ3n) is 2.46. The zero-order valence-corrected chi connectivity index (χ0v) is 10.3. The number of benzene rings is 1. The maximum absolute atomic E-state index is 5.29. The van der Waals surface area contributed by atoms with E-state index in [9.17, 15) is 0 Å². The summed E-state index contributed by atoms with van der Waals surface area (Å²) in [6.45, 7) is 1.91. The predicted octanol–water partition coefficient (Wildman–Crippen LogP) is 1.82. The molecule has 6 heteroatoms. The monoisotopic (exact) mass is 245 g/mol.